The van der Waals surface area contributed by atoms with Gasteiger partial charge in [0.25, 0.3) is 0 Å². The van der Waals surface area contributed by atoms with Gasteiger partial charge in [0, 0.05) is 11.0 Å². The van der Waals surface area contributed by atoms with Crippen LogP contribution in [0.3, 0.4) is 0 Å². The highest BCUT2D eigenvalue weighted by Gasteiger charge is 2.07. The summed E-state index contributed by atoms with van der Waals surface area (Å²) in [4.78, 5) is 2.10. The molecule has 0 aromatic heterocycles. The van der Waals surface area contributed by atoms with Crippen LogP contribution in [-0.4, -0.2) is 30.7 Å². The Labute approximate surface area is 99.0 Å². The second kappa shape index (κ2) is 5.61. The van der Waals surface area contributed by atoms with Crippen molar-refractivity contribution in [1.82, 2.24) is 4.90 Å². The van der Waals surface area contributed by atoms with Crippen LogP contribution >= 0.6 is 15.9 Å². The Hall–Kier alpha value is -0.420. The van der Waals surface area contributed by atoms with Gasteiger partial charge in [-0.05, 0) is 31.3 Å². The molecule has 0 aliphatic heterocycles. The van der Waals surface area contributed by atoms with Crippen molar-refractivity contribution in [2.24, 2.45) is 5.73 Å². The van der Waals surface area contributed by atoms with Crippen LogP contribution in [0.25, 0.3) is 0 Å². The molecule has 0 aliphatic rings. The van der Waals surface area contributed by atoms with Crippen molar-refractivity contribution < 1.29 is 5.11 Å². The van der Waals surface area contributed by atoms with Gasteiger partial charge in [0.2, 0.25) is 0 Å². The summed E-state index contributed by atoms with van der Waals surface area (Å²) in [5.74, 6) is 0. The molecular weight excluding hydrogens is 256 g/mol. The lowest BCUT2D eigenvalue weighted by Crippen LogP contribution is -2.15. The molecule has 0 aliphatic carbocycles. The van der Waals surface area contributed by atoms with Crippen LogP contribution in [-0.2, 0) is 6.54 Å². The largest absolute Gasteiger partial charge is 0.394 e. The molecule has 0 saturated carbocycles. The van der Waals surface area contributed by atoms with Crippen LogP contribution in [0.2, 0.25) is 0 Å². The van der Waals surface area contributed by atoms with E-state index in [0.717, 1.165) is 16.6 Å². The summed E-state index contributed by atoms with van der Waals surface area (Å²) in [6.45, 7) is 0.856. The fraction of sp³-hybridized carbons (Fsp3) is 0.455. The molecule has 4 heteroatoms. The van der Waals surface area contributed by atoms with Gasteiger partial charge in [-0.15, -0.1) is 0 Å². The van der Waals surface area contributed by atoms with Gasteiger partial charge in [0.1, 0.15) is 0 Å². The van der Waals surface area contributed by atoms with Crippen LogP contribution in [0.15, 0.2) is 22.7 Å². The molecule has 0 heterocycles. The molecule has 0 fully saturated rings. The highest BCUT2D eigenvalue weighted by atomic mass is 79.9. The second-order valence-electron chi connectivity index (χ2n) is 3.88. The molecule has 0 spiro atoms. The molecule has 0 radical (unpaired) electrons. The highest BCUT2D eigenvalue weighted by Crippen LogP contribution is 2.22. The number of hydrogen-bond donors (Lipinski definition) is 2. The predicted molar refractivity (Wildman–Crippen MR) is 65.5 cm³/mol. The zero-order valence-corrected chi connectivity index (χ0v) is 10.7. The second-order valence-corrected chi connectivity index (χ2v) is 4.73. The summed E-state index contributed by atoms with van der Waals surface area (Å²) in [5, 5.41) is 8.95. The molecule has 0 bridgehead atoms. The first-order chi connectivity index (χ1) is 7.04. The Morgan fingerprint density at radius 2 is 2.13 bits per heavy atom. The first kappa shape index (κ1) is 12.6. The van der Waals surface area contributed by atoms with Crippen molar-refractivity contribution in [1.29, 1.82) is 0 Å². The quantitative estimate of drug-likeness (QED) is 0.874. The Morgan fingerprint density at radius 3 is 2.60 bits per heavy atom. The van der Waals surface area contributed by atoms with E-state index in [-0.39, 0.29) is 12.6 Å². The summed E-state index contributed by atoms with van der Waals surface area (Å²) in [6.07, 6.45) is 0. The maximum Gasteiger partial charge on any atom is 0.0624 e. The fourth-order valence-corrected chi connectivity index (χ4v) is 1.89. The van der Waals surface area contributed by atoms with Gasteiger partial charge in [-0.1, -0.05) is 28.1 Å². The van der Waals surface area contributed by atoms with Gasteiger partial charge in [-0.25, -0.2) is 0 Å². The van der Waals surface area contributed by atoms with Gasteiger partial charge < -0.3 is 15.7 Å². The number of benzene rings is 1. The van der Waals surface area contributed by atoms with E-state index in [1.54, 1.807) is 0 Å². The van der Waals surface area contributed by atoms with E-state index < -0.39 is 0 Å². The van der Waals surface area contributed by atoms with Gasteiger partial charge in [-0.2, -0.15) is 0 Å². The smallest absolute Gasteiger partial charge is 0.0624 e. The first-order valence-electron chi connectivity index (χ1n) is 4.84. The van der Waals surface area contributed by atoms with E-state index in [4.69, 9.17) is 10.8 Å². The third-order valence-electron chi connectivity index (χ3n) is 2.19. The lowest BCUT2D eigenvalue weighted by Gasteiger charge is -2.14. The number of halogens is 1. The first-order valence-corrected chi connectivity index (χ1v) is 5.63. The normalized spacial score (nSPS) is 13.2. The van der Waals surface area contributed by atoms with E-state index in [1.165, 1.54) is 5.56 Å². The molecular formula is C11H17BrN2O. The molecule has 1 atom stereocenters. The molecule has 3 nitrogen and oxygen atoms in total. The summed E-state index contributed by atoms with van der Waals surface area (Å²) in [7, 11) is 4.06. The topological polar surface area (TPSA) is 49.5 Å². The molecule has 0 amide bonds. The van der Waals surface area contributed by atoms with Gasteiger partial charge in [0.05, 0.1) is 12.6 Å². The van der Waals surface area contributed by atoms with E-state index in [9.17, 15) is 0 Å². The third-order valence-corrected chi connectivity index (χ3v) is 2.93. The molecule has 3 N–H and O–H groups in total. The number of aliphatic hydroxyl groups is 1. The Kier molecular flexibility index (Phi) is 4.73. The van der Waals surface area contributed by atoms with Crippen molar-refractivity contribution in [3.63, 3.8) is 0 Å². The SMILES string of the molecule is CN(C)Cc1ccc(C(N)CO)cc1Br. The Morgan fingerprint density at radius 1 is 1.47 bits per heavy atom. The molecule has 0 saturated heterocycles. The van der Waals surface area contributed by atoms with Crippen LogP contribution in [0, 0.1) is 0 Å². The minimum Gasteiger partial charge on any atom is -0.394 e. The highest BCUT2D eigenvalue weighted by molar-refractivity contribution is 9.10. The van der Waals surface area contributed by atoms with Gasteiger partial charge in [-0.3, -0.25) is 0 Å². The molecule has 15 heavy (non-hydrogen) atoms. The Bertz CT molecular complexity index is 328. The molecule has 1 rings (SSSR count). The van der Waals surface area contributed by atoms with Crippen molar-refractivity contribution >= 4 is 15.9 Å². The molecule has 1 aromatic carbocycles. The fourth-order valence-electron chi connectivity index (χ4n) is 1.37. The summed E-state index contributed by atoms with van der Waals surface area (Å²) < 4.78 is 1.04. The molecule has 84 valence electrons. The average molecular weight is 273 g/mol. The van der Waals surface area contributed by atoms with Crippen LogP contribution in [0.5, 0.6) is 0 Å². The van der Waals surface area contributed by atoms with E-state index in [1.807, 2.05) is 32.3 Å². The van der Waals surface area contributed by atoms with E-state index in [0.29, 0.717) is 0 Å². The number of rotatable bonds is 4. The van der Waals surface area contributed by atoms with Crippen molar-refractivity contribution in [3.05, 3.63) is 33.8 Å². The Balaban J connectivity index is 2.88. The number of nitrogens with zero attached hydrogens (tertiary/aromatic N) is 1. The summed E-state index contributed by atoms with van der Waals surface area (Å²) in [6, 6.07) is 5.67. The average Bonchev–Trinajstić information content (AvgIpc) is 2.19. The number of hydrogen-bond acceptors (Lipinski definition) is 3. The van der Waals surface area contributed by atoms with Crippen LogP contribution < -0.4 is 5.73 Å². The summed E-state index contributed by atoms with van der Waals surface area (Å²) in [5.41, 5.74) is 7.90. The molecule has 1 aromatic rings. The van der Waals surface area contributed by atoms with Crippen LogP contribution in [0.4, 0.5) is 0 Å². The standard InChI is InChI=1S/C11H17BrN2O/c1-14(2)6-9-4-3-8(5-10(9)12)11(13)7-15/h3-5,11,15H,6-7,13H2,1-2H3. The van der Waals surface area contributed by atoms with Crippen molar-refractivity contribution in [3.8, 4) is 0 Å². The summed E-state index contributed by atoms with van der Waals surface area (Å²) >= 11 is 3.51. The minimum atomic E-state index is -0.297. The number of aliphatic hydroxyl groups excluding tert-OH is 1. The third kappa shape index (κ3) is 3.57. The minimum absolute atomic E-state index is 0.0283. The number of nitrogens with two attached hydrogens (primary N) is 1. The van der Waals surface area contributed by atoms with Crippen molar-refractivity contribution in [2.45, 2.75) is 12.6 Å². The monoisotopic (exact) mass is 272 g/mol. The zero-order valence-electron chi connectivity index (χ0n) is 9.07. The van der Waals surface area contributed by atoms with Gasteiger partial charge in [0.15, 0.2) is 0 Å². The zero-order chi connectivity index (χ0) is 11.4. The maximum absolute atomic E-state index is 8.95. The van der Waals surface area contributed by atoms with Crippen LogP contribution in [0.1, 0.15) is 17.2 Å². The van der Waals surface area contributed by atoms with Gasteiger partial charge >= 0.3 is 0 Å². The van der Waals surface area contributed by atoms with E-state index in [2.05, 4.69) is 20.8 Å². The lowest BCUT2D eigenvalue weighted by molar-refractivity contribution is 0.268. The predicted octanol–water partition coefficient (Wildman–Crippen LogP) is 1.50. The van der Waals surface area contributed by atoms with E-state index >= 15 is 0 Å². The lowest BCUT2D eigenvalue weighted by atomic mass is 10.1. The molecule has 1 unspecified atom stereocenters. The maximum atomic E-state index is 8.95. The van der Waals surface area contributed by atoms with Crippen molar-refractivity contribution in [2.75, 3.05) is 20.7 Å².